The molecule has 1 aliphatic heterocycles. The number of aliphatic hydroxyl groups is 1. The smallest absolute Gasteiger partial charge is 0.165 e. The first kappa shape index (κ1) is 19.0. The summed E-state index contributed by atoms with van der Waals surface area (Å²) in [6.45, 7) is 3.62. The monoisotopic (exact) mass is 389 g/mol. The van der Waals surface area contributed by atoms with Crippen molar-refractivity contribution in [3.63, 3.8) is 0 Å². The Morgan fingerprint density at radius 1 is 1.44 bits per heavy atom. The van der Waals surface area contributed by atoms with E-state index in [2.05, 4.69) is 6.92 Å². The lowest BCUT2D eigenvalue weighted by Gasteiger charge is -2.35. The van der Waals surface area contributed by atoms with Crippen LogP contribution in [0.5, 0.6) is 0 Å². The summed E-state index contributed by atoms with van der Waals surface area (Å²) < 4.78 is 7.59. The van der Waals surface area contributed by atoms with Gasteiger partial charge in [0.2, 0.25) is 0 Å². The van der Waals surface area contributed by atoms with Gasteiger partial charge in [-0.1, -0.05) is 31.4 Å². The van der Waals surface area contributed by atoms with Crippen molar-refractivity contribution in [3.05, 3.63) is 40.7 Å². The zero-order chi connectivity index (χ0) is 19.0. The molecule has 3 atom stereocenters. The topological polar surface area (TPSA) is 50.9 Å². The number of ether oxygens (including phenoxy) is 1. The molecule has 0 bridgehead atoms. The van der Waals surface area contributed by atoms with Crippen molar-refractivity contribution < 1.29 is 14.6 Å². The summed E-state index contributed by atoms with van der Waals surface area (Å²) in [6.07, 6.45) is 7.62. The van der Waals surface area contributed by atoms with Crippen molar-refractivity contribution >= 4 is 22.9 Å². The average Bonchev–Trinajstić information content (AvgIpc) is 3.27. The van der Waals surface area contributed by atoms with Crippen LogP contribution in [0.4, 0.5) is 0 Å². The van der Waals surface area contributed by atoms with Crippen LogP contribution in [0.1, 0.15) is 73.8 Å². The van der Waals surface area contributed by atoms with E-state index >= 15 is 0 Å². The molecule has 2 aromatic heterocycles. The number of halogens is 1. The zero-order valence-corrected chi connectivity index (χ0v) is 16.7. The van der Waals surface area contributed by atoms with Crippen molar-refractivity contribution in [1.29, 1.82) is 0 Å². The molecule has 27 heavy (non-hydrogen) atoms. The Bertz CT molecular complexity index is 839. The van der Waals surface area contributed by atoms with Crippen molar-refractivity contribution in [2.24, 2.45) is 5.92 Å². The molecule has 2 aliphatic rings. The molecule has 1 saturated carbocycles. The molecule has 5 heteroatoms. The predicted octanol–water partition coefficient (Wildman–Crippen LogP) is 5.00. The summed E-state index contributed by atoms with van der Waals surface area (Å²) in [6, 6.07) is 5.74. The van der Waals surface area contributed by atoms with Gasteiger partial charge in [0.1, 0.15) is 0 Å². The van der Waals surface area contributed by atoms with E-state index in [1.54, 1.807) is 0 Å². The first-order valence-electron chi connectivity index (χ1n) is 10.1. The molecular formula is C22H28ClNO3. The molecule has 1 saturated heterocycles. The number of hydrogen-bond donors (Lipinski definition) is 1. The fourth-order valence-corrected chi connectivity index (χ4v) is 5.14. The van der Waals surface area contributed by atoms with Crippen molar-refractivity contribution in [2.75, 3.05) is 13.2 Å². The number of carbonyl (C=O) groups is 1. The van der Waals surface area contributed by atoms with E-state index < -0.39 is 5.60 Å². The molecule has 2 fully saturated rings. The second kappa shape index (κ2) is 7.57. The lowest BCUT2D eigenvalue weighted by atomic mass is 9.76. The van der Waals surface area contributed by atoms with E-state index in [0.29, 0.717) is 41.9 Å². The first-order valence-corrected chi connectivity index (χ1v) is 10.5. The van der Waals surface area contributed by atoms with Crippen molar-refractivity contribution in [2.45, 2.75) is 63.4 Å². The van der Waals surface area contributed by atoms with Crippen LogP contribution >= 0.6 is 11.6 Å². The highest BCUT2D eigenvalue weighted by atomic mass is 35.5. The standard InChI is InChI=1S/C22H28ClNO3/c1-15-4-2-8-22(26,13-15)9-6-20(25)17-12-19(16-7-11-27-14-16)24-10-3-5-18(23)21(17)24/h3,5,10,12,15-16,26H,2,4,6-9,11,13-14H2,1H3/t15-,16?,22+/m1/s1. The fraction of sp³-hybridized carbons (Fsp3) is 0.591. The summed E-state index contributed by atoms with van der Waals surface area (Å²) in [5, 5.41) is 11.5. The Kier molecular flexibility index (Phi) is 5.32. The van der Waals surface area contributed by atoms with Gasteiger partial charge in [0.15, 0.2) is 5.78 Å². The van der Waals surface area contributed by atoms with Crippen LogP contribution in [-0.4, -0.2) is 34.1 Å². The van der Waals surface area contributed by atoms with Gasteiger partial charge in [0.05, 0.1) is 22.7 Å². The van der Waals surface area contributed by atoms with Gasteiger partial charge in [-0.2, -0.15) is 0 Å². The van der Waals surface area contributed by atoms with Crippen LogP contribution in [0, 0.1) is 5.92 Å². The van der Waals surface area contributed by atoms with Crippen LogP contribution in [0.2, 0.25) is 5.02 Å². The molecule has 4 rings (SSSR count). The van der Waals surface area contributed by atoms with E-state index in [4.69, 9.17) is 16.3 Å². The highest BCUT2D eigenvalue weighted by Crippen LogP contribution is 2.37. The molecular weight excluding hydrogens is 362 g/mol. The summed E-state index contributed by atoms with van der Waals surface area (Å²) in [4.78, 5) is 13.1. The molecule has 2 aromatic rings. The lowest BCUT2D eigenvalue weighted by Crippen LogP contribution is -2.35. The maximum atomic E-state index is 13.1. The van der Waals surface area contributed by atoms with Crippen LogP contribution in [0.3, 0.4) is 0 Å². The number of carbonyl (C=O) groups excluding carboxylic acids is 1. The number of nitrogens with zero attached hydrogens (tertiary/aromatic N) is 1. The summed E-state index contributed by atoms with van der Waals surface area (Å²) in [5.74, 6) is 0.885. The van der Waals surface area contributed by atoms with Crippen LogP contribution in [0.25, 0.3) is 5.52 Å². The Hall–Kier alpha value is -1.36. The Labute approximate surface area is 165 Å². The molecule has 4 nitrogen and oxygen atoms in total. The van der Waals surface area contributed by atoms with E-state index in [-0.39, 0.29) is 5.78 Å². The molecule has 1 aliphatic carbocycles. The Morgan fingerprint density at radius 3 is 3.04 bits per heavy atom. The van der Waals surface area contributed by atoms with E-state index in [9.17, 15) is 9.90 Å². The molecule has 0 amide bonds. The first-order chi connectivity index (χ1) is 13.0. The average molecular weight is 390 g/mol. The van der Waals surface area contributed by atoms with Crippen LogP contribution in [0.15, 0.2) is 24.4 Å². The van der Waals surface area contributed by atoms with Crippen LogP contribution < -0.4 is 0 Å². The predicted molar refractivity (Wildman–Crippen MR) is 107 cm³/mol. The highest BCUT2D eigenvalue weighted by molar-refractivity contribution is 6.35. The SMILES string of the molecule is C[C@@H]1CCC[C@](O)(CCC(=O)c2cc(C3CCOC3)n3cccc(Cl)c23)C1. The lowest BCUT2D eigenvalue weighted by molar-refractivity contribution is -0.0204. The van der Waals surface area contributed by atoms with E-state index in [1.807, 2.05) is 28.8 Å². The van der Waals surface area contributed by atoms with Crippen molar-refractivity contribution in [1.82, 2.24) is 4.40 Å². The van der Waals surface area contributed by atoms with Gasteiger partial charge in [-0.3, -0.25) is 4.79 Å². The zero-order valence-electron chi connectivity index (χ0n) is 15.9. The highest BCUT2D eigenvalue weighted by Gasteiger charge is 2.33. The second-order valence-electron chi connectivity index (χ2n) is 8.47. The van der Waals surface area contributed by atoms with Gasteiger partial charge in [-0.25, -0.2) is 0 Å². The number of aromatic nitrogens is 1. The third kappa shape index (κ3) is 3.80. The number of ketones is 1. The Balaban J connectivity index is 1.60. The number of Topliss-reactive ketones (excluding diaryl/α,β-unsaturated/α-hetero) is 1. The minimum absolute atomic E-state index is 0.0671. The molecule has 0 spiro atoms. The van der Waals surface area contributed by atoms with Gasteiger partial charge in [0.25, 0.3) is 0 Å². The molecule has 0 radical (unpaired) electrons. The maximum absolute atomic E-state index is 13.1. The number of pyridine rings is 1. The maximum Gasteiger partial charge on any atom is 0.165 e. The van der Waals surface area contributed by atoms with E-state index in [0.717, 1.165) is 43.5 Å². The minimum Gasteiger partial charge on any atom is -0.390 e. The van der Waals surface area contributed by atoms with E-state index in [1.165, 1.54) is 6.42 Å². The van der Waals surface area contributed by atoms with Gasteiger partial charge >= 0.3 is 0 Å². The van der Waals surface area contributed by atoms with Gasteiger partial charge in [0, 0.05) is 36.4 Å². The summed E-state index contributed by atoms with van der Waals surface area (Å²) in [7, 11) is 0. The minimum atomic E-state index is -0.700. The largest absolute Gasteiger partial charge is 0.390 e. The molecule has 3 heterocycles. The third-order valence-corrected chi connectivity index (χ3v) is 6.61. The normalized spacial score (nSPS) is 28.7. The van der Waals surface area contributed by atoms with Gasteiger partial charge < -0.3 is 14.2 Å². The van der Waals surface area contributed by atoms with Gasteiger partial charge in [-0.05, 0) is 49.8 Å². The van der Waals surface area contributed by atoms with Crippen LogP contribution in [-0.2, 0) is 4.74 Å². The number of hydrogen-bond acceptors (Lipinski definition) is 3. The quantitative estimate of drug-likeness (QED) is 0.732. The molecule has 1 unspecified atom stereocenters. The number of fused-ring (bicyclic) bond motifs is 1. The second-order valence-corrected chi connectivity index (χ2v) is 8.87. The fourth-order valence-electron chi connectivity index (χ4n) is 4.88. The summed E-state index contributed by atoms with van der Waals surface area (Å²) >= 11 is 6.47. The Morgan fingerprint density at radius 2 is 2.30 bits per heavy atom. The molecule has 1 N–H and O–H groups in total. The van der Waals surface area contributed by atoms with Crippen molar-refractivity contribution in [3.8, 4) is 0 Å². The summed E-state index contributed by atoms with van der Waals surface area (Å²) in [5.41, 5.74) is 1.86. The molecule has 0 aromatic carbocycles. The van der Waals surface area contributed by atoms with Gasteiger partial charge in [-0.15, -0.1) is 0 Å². The molecule has 146 valence electrons. The number of rotatable bonds is 5. The third-order valence-electron chi connectivity index (χ3n) is 6.30.